The number of ether oxygens (including phenoxy) is 3. The van der Waals surface area contributed by atoms with Crippen LogP contribution in [-0.4, -0.2) is 79.9 Å². The van der Waals surface area contributed by atoms with E-state index in [1.54, 1.807) is 0 Å². The number of phenolic OH excluding ortho intramolecular Hbond substituents is 1. The first-order valence-electron chi connectivity index (χ1n) is 10.7. The number of rotatable bonds is 6. The first kappa shape index (κ1) is 24.6. The fourth-order valence-electron chi connectivity index (χ4n) is 4.00. The van der Waals surface area contributed by atoms with Crippen LogP contribution in [0.3, 0.4) is 0 Å². The molecule has 2 aromatic rings. The summed E-state index contributed by atoms with van der Waals surface area (Å²) in [5.74, 6) is -3.12. The summed E-state index contributed by atoms with van der Waals surface area (Å²) < 4.78 is 16.2. The van der Waals surface area contributed by atoms with Crippen LogP contribution in [-0.2, 0) is 19.1 Å². The number of phenols is 1. The molecule has 0 aromatic heterocycles. The number of aliphatic hydroxyl groups excluding tert-OH is 4. The minimum absolute atomic E-state index is 0.0276. The molecule has 11 heteroatoms. The zero-order valence-corrected chi connectivity index (χ0v) is 18.2. The molecule has 0 saturated carbocycles. The van der Waals surface area contributed by atoms with Gasteiger partial charge in [0.25, 0.3) is 0 Å². The summed E-state index contributed by atoms with van der Waals surface area (Å²) in [6.07, 6.45) is -6.93. The third-order valence-corrected chi connectivity index (χ3v) is 5.90. The molecule has 2 aliphatic heterocycles. The van der Waals surface area contributed by atoms with Crippen LogP contribution in [0.1, 0.15) is 17.2 Å². The lowest BCUT2D eigenvalue weighted by molar-refractivity contribution is -0.277. The molecule has 2 saturated heterocycles. The van der Waals surface area contributed by atoms with Gasteiger partial charge in [-0.05, 0) is 41.5 Å². The van der Waals surface area contributed by atoms with Gasteiger partial charge in [0.15, 0.2) is 0 Å². The number of carboxylic acids is 1. The van der Waals surface area contributed by atoms with Gasteiger partial charge >= 0.3 is 11.9 Å². The average molecular weight is 488 g/mol. The quantitative estimate of drug-likeness (QED) is 0.237. The highest BCUT2D eigenvalue weighted by Gasteiger charge is 2.46. The van der Waals surface area contributed by atoms with Gasteiger partial charge < -0.3 is 44.8 Å². The summed E-state index contributed by atoms with van der Waals surface area (Å²) in [6, 6.07) is 11.7. The molecule has 6 N–H and O–H groups in total. The van der Waals surface area contributed by atoms with Gasteiger partial charge in [0.05, 0.1) is 12.2 Å². The SMILES string of the molecule is O=C1O[C@@H](c2ccc(O[C@H]3O[C@H](CO)[C@@H](O)[C@H](O)[C@@H]3O)cc2)[C@@H](C(=O)O)C1=Cc1ccc(O)cc1. The van der Waals surface area contributed by atoms with E-state index >= 15 is 0 Å². The Balaban J connectivity index is 1.53. The molecule has 0 spiro atoms. The Labute approximate surface area is 199 Å². The minimum atomic E-state index is -1.60. The molecule has 0 amide bonds. The van der Waals surface area contributed by atoms with E-state index in [0.717, 1.165) is 0 Å². The molecule has 2 fully saturated rings. The summed E-state index contributed by atoms with van der Waals surface area (Å²) >= 11 is 0. The van der Waals surface area contributed by atoms with Crippen molar-refractivity contribution in [3.63, 3.8) is 0 Å². The van der Waals surface area contributed by atoms with Crippen LogP contribution in [0.25, 0.3) is 6.08 Å². The highest BCUT2D eigenvalue weighted by atomic mass is 16.7. The predicted molar refractivity (Wildman–Crippen MR) is 117 cm³/mol. The number of carbonyl (C=O) groups is 2. The standard InChI is InChI=1S/C24H24O11/c25-10-16-18(27)19(28)20(29)24(34-16)33-14-7-3-12(4-8-14)21-17(22(30)31)15(23(32)35-21)9-11-1-5-13(26)6-2-11/h1-9,16-21,24-29H,10H2,(H,30,31)/t16-,17+,18-,19+,20+,21+,24+/m1/s1. The number of carbonyl (C=O) groups excluding carboxylic acids is 1. The van der Waals surface area contributed by atoms with Crippen LogP contribution >= 0.6 is 0 Å². The number of cyclic esters (lactones) is 1. The lowest BCUT2D eigenvalue weighted by atomic mass is 9.90. The Kier molecular flexibility index (Phi) is 7.05. The van der Waals surface area contributed by atoms with E-state index in [9.17, 15) is 40.2 Å². The van der Waals surface area contributed by atoms with Gasteiger partial charge in [0.2, 0.25) is 6.29 Å². The van der Waals surface area contributed by atoms with Crippen LogP contribution in [0.2, 0.25) is 0 Å². The molecule has 4 rings (SSSR count). The third-order valence-electron chi connectivity index (χ3n) is 5.90. The maximum Gasteiger partial charge on any atom is 0.335 e. The van der Waals surface area contributed by atoms with Gasteiger partial charge in [-0.3, -0.25) is 4.79 Å². The molecule has 7 atom stereocenters. The normalized spacial score (nSPS) is 31.8. The third kappa shape index (κ3) is 4.99. The van der Waals surface area contributed by atoms with Crippen LogP contribution in [0.15, 0.2) is 54.1 Å². The first-order chi connectivity index (χ1) is 16.7. The number of benzene rings is 2. The van der Waals surface area contributed by atoms with Crippen LogP contribution in [0.5, 0.6) is 11.5 Å². The molecule has 0 bridgehead atoms. The molecular formula is C24H24O11. The topological polar surface area (TPSA) is 183 Å². The highest BCUT2D eigenvalue weighted by molar-refractivity contribution is 6.02. The summed E-state index contributed by atoms with van der Waals surface area (Å²) in [4.78, 5) is 24.5. The van der Waals surface area contributed by atoms with Gasteiger partial charge in [0.1, 0.15) is 47.9 Å². The van der Waals surface area contributed by atoms with Crippen molar-refractivity contribution >= 4 is 18.0 Å². The van der Waals surface area contributed by atoms with Crippen molar-refractivity contribution in [2.24, 2.45) is 5.92 Å². The van der Waals surface area contributed by atoms with Crippen molar-refractivity contribution in [2.45, 2.75) is 36.8 Å². The smallest absolute Gasteiger partial charge is 0.335 e. The van der Waals surface area contributed by atoms with Gasteiger partial charge in [-0.15, -0.1) is 0 Å². The molecule has 2 heterocycles. The lowest BCUT2D eigenvalue weighted by Crippen LogP contribution is -2.60. The first-order valence-corrected chi connectivity index (χ1v) is 10.7. The van der Waals surface area contributed by atoms with Crippen molar-refractivity contribution in [3.8, 4) is 11.5 Å². The largest absolute Gasteiger partial charge is 0.508 e. The van der Waals surface area contributed by atoms with E-state index < -0.39 is 61.3 Å². The summed E-state index contributed by atoms with van der Waals surface area (Å²) in [7, 11) is 0. The highest BCUT2D eigenvalue weighted by Crippen LogP contribution is 2.40. The van der Waals surface area contributed by atoms with E-state index in [2.05, 4.69) is 0 Å². The average Bonchev–Trinajstić information content (AvgIpc) is 3.17. The van der Waals surface area contributed by atoms with Crippen LogP contribution in [0, 0.1) is 5.92 Å². The Bertz CT molecular complexity index is 1090. The van der Waals surface area contributed by atoms with Crippen LogP contribution in [0.4, 0.5) is 0 Å². The molecule has 0 unspecified atom stereocenters. The van der Waals surface area contributed by atoms with Crippen molar-refractivity contribution in [2.75, 3.05) is 6.61 Å². The number of hydrogen-bond acceptors (Lipinski definition) is 10. The van der Waals surface area contributed by atoms with Gasteiger partial charge in [-0.1, -0.05) is 24.3 Å². The van der Waals surface area contributed by atoms with E-state index in [-0.39, 0.29) is 17.1 Å². The monoisotopic (exact) mass is 488 g/mol. The number of aliphatic hydroxyl groups is 4. The Hall–Kier alpha value is -3.48. The number of esters is 1. The van der Waals surface area contributed by atoms with E-state index in [1.165, 1.54) is 54.6 Å². The maximum atomic E-state index is 12.5. The zero-order valence-electron chi connectivity index (χ0n) is 18.2. The number of carboxylic acid groups (broad SMARTS) is 1. The van der Waals surface area contributed by atoms with E-state index in [4.69, 9.17) is 14.2 Å². The molecule has 11 nitrogen and oxygen atoms in total. The zero-order chi connectivity index (χ0) is 25.3. The van der Waals surface area contributed by atoms with E-state index in [0.29, 0.717) is 11.1 Å². The van der Waals surface area contributed by atoms with Crippen molar-refractivity contribution in [1.29, 1.82) is 0 Å². The van der Waals surface area contributed by atoms with E-state index in [1.807, 2.05) is 0 Å². The predicted octanol–water partition coefficient (Wildman–Crippen LogP) is -0.0468. The summed E-state index contributed by atoms with van der Waals surface area (Å²) in [5.41, 5.74) is 0.848. The number of aliphatic carboxylic acids is 1. The molecule has 2 aromatic carbocycles. The number of aromatic hydroxyl groups is 1. The van der Waals surface area contributed by atoms with Gasteiger partial charge in [-0.2, -0.15) is 0 Å². The fourth-order valence-corrected chi connectivity index (χ4v) is 4.00. The maximum absolute atomic E-state index is 12.5. The Morgan fingerprint density at radius 3 is 2.23 bits per heavy atom. The Morgan fingerprint density at radius 2 is 1.63 bits per heavy atom. The lowest BCUT2D eigenvalue weighted by Gasteiger charge is -2.39. The van der Waals surface area contributed by atoms with Gasteiger partial charge in [-0.25, -0.2) is 4.79 Å². The van der Waals surface area contributed by atoms with Crippen molar-refractivity contribution in [3.05, 3.63) is 65.2 Å². The van der Waals surface area contributed by atoms with Crippen molar-refractivity contribution in [1.82, 2.24) is 0 Å². The van der Waals surface area contributed by atoms with Crippen LogP contribution < -0.4 is 4.74 Å². The molecule has 186 valence electrons. The Morgan fingerprint density at radius 1 is 0.971 bits per heavy atom. The van der Waals surface area contributed by atoms with Crippen molar-refractivity contribution < 1.29 is 54.4 Å². The second kappa shape index (κ2) is 10.0. The summed E-state index contributed by atoms with van der Waals surface area (Å²) in [5, 5.41) is 58.4. The molecule has 35 heavy (non-hydrogen) atoms. The van der Waals surface area contributed by atoms with Gasteiger partial charge in [0, 0.05) is 0 Å². The molecular weight excluding hydrogens is 464 g/mol. The second-order valence-electron chi connectivity index (χ2n) is 8.22. The number of hydrogen-bond donors (Lipinski definition) is 6. The molecule has 0 aliphatic carbocycles. The molecule has 0 radical (unpaired) electrons. The molecule has 2 aliphatic rings. The minimum Gasteiger partial charge on any atom is -0.508 e. The fraction of sp³-hybridized carbons (Fsp3) is 0.333. The summed E-state index contributed by atoms with van der Waals surface area (Å²) in [6.45, 7) is -0.604. The second-order valence-corrected chi connectivity index (χ2v) is 8.22.